The first-order chi connectivity index (χ1) is 8.95. The van der Waals surface area contributed by atoms with E-state index in [2.05, 4.69) is 14.8 Å². The van der Waals surface area contributed by atoms with Crippen LogP contribution >= 0.6 is 23.2 Å². The van der Waals surface area contributed by atoms with E-state index < -0.39 is 18.5 Å². The van der Waals surface area contributed by atoms with Crippen LogP contribution in [0.4, 0.5) is 5.69 Å². The second-order valence-corrected chi connectivity index (χ2v) is 4.48. The second-order valence-electron chi connectivity index (χ2n) is 3.70. The molecule has 0 aliphatic heterocycles. The summed E-state index contributed by atoms with van der Waals surface area (Å²) in [6, 6.07) is 3.36. The minimum atomic E-state index is -0.626. The van der Waals surface area contributed by atoms with E-state index in [-0.39, 0.29) is 6.61 Å². The number of anilines is 1. The Hall–Kier alpha value is -1.30. The number of aryl methyl sites for hydroxylation is 1. The molecule has 19 heavy (non-hydrogen) atoms. The fourth-order valence-corrected chi connectivity index (χ4v) is 1.72. The van der Waals surface area contributed by atoms with Crippen molar-refractivity contribution < 1.29 is 19.1 Å². The van der Waals surface area contributed by atoms with Crippen molar-refractivity contribution in [3.63, 3.8) is 0 Å². The van der Waals surface area contributed by atoms with Gasteiger partial charge in [0.2, 0.25) is 0 Å². The van der Waals surface area contributed by atoms with Gasteiger partial charge in [-0.3, -0.25) is 4.79 Å². The van der Waals surface area contributed by atoms with Gasteiger partial charge in [0.15, 0.2) is 6.61 Å². The van der Waals surface area contributed by atoms with Gasteiger partial charge in [-0.1, -0.05) is 29.3 Å². The van der Waals surface area contributed by atoms with Crippen LogP contribution in [-0.4, -0.2) is 32.2 Å². The Morgan fingerprint density at radius 2 is 1.95 bits per heavy atom. The molecular formula is C12H13Cl2NO4. The van der Waals surface area contributed by atoms with Gasteiger partial charge in [0.25, 0.3) is 5.91 Å². The molecule has 0 aliphatic carbocycles. The molecule has 1 amide bonds. The maximum absolute atomic E-state index is 11.6. The van der Waals surface area contributed by atoms with Gasteiger partial charge in [-0.25, -0.2) is 4.79 Å². The number of benzene rings is 1. The lowest BCUT2D eigenvalue weighted by Crippen LogP contribution is -2.23. The van der Waals surface area contributed by atoms with Crippen LogP contribution < -0.4 is 5.32 Å². The Morgan fingerprint density at radius 3 is 2.58 bits per heavy atom. The number of halogens is 2. The topological polar surface area (TPSA) is 64.6 Å². The van der Waals surface area contributed by atoms with Crippen molar-refractivity contribution in [3.05, 3.63) is 27.7 Å². The maximum Gasteiger partial charge on any atom is 0.332 e. The van der Waals surface area contributed by atoms with Crippen molar-refractivity contribution in [1.82, 2.24) is 0 Å². The van der Waals surface area contributed by atoms with Gasteiger partial charge in [0.05, 0.1) is 15.7 Å². The SMILES string of the molecule is COCC(=O)OCC(=O)Nc1c(Cl)ccc(C)c1Cl. The Morgan fingerprint density at radius 1 is 1.26 bits per heavy atom. The normalized spacial score (nSPS) is 10.1. The van der Waals surface area contributed by atoms with Gasteiger partial charge < -0.3 is 14.8 Å². The molecule has 0 radical (unpaired) electrons. The van der Waals surface area contributed by atoms with E-state index in [9.17, 15) is 9.59 Å². The third kappa shape index (κ3) is 4.70. The molecule has 1 aromatic rings. The highest BCUT2D eigenvalue weighted by Crippen LogP contribution is 2.32. The van der Waals surface area contributed by atoms with Crippen LogP contribution in [0.3, 0.4) is 0 Å². The first-order valence-electron chi connectivity index (χ1n) is 5.34. The Kier molecular flexibility index (Phi) is 6.08. The second kappa shape index (κ2) is 7.33. The van der Waals surface area contributed by atoms with Crippen molar-refractivity contribution in [1.29, 1.82) is 0 Å². The molecule has 0 aliphatic rings. The van der Waals surface area contributed by atoms with E-state index in [0.29, 0.717) is 15.7 Å². The van der Waals surface area contributed by atoms with Gasteiger partial charge in [-0.05, 0) is 18.6 Å². The van der Waals surface area contributed by atoms with Crippen LogP contribution in [0.25, 0.3) is 0 Å². The van der Waals surface area contributed by atoms with Gasteiger partial charge in [0, 0.05) is 7.11 Å². The summed E-state index contributed by atoms with van der Waals surface area (Å²) in [6.07, 6.45) is 0. The molecular weight excluding hydrogens is 293 g/mol. The zero-order valence-corrected chi connectivity index (χ0v) is 12.0. The summed E-state index contributed by atoms with van der Waals surface area (Å²) < 4.78 is 9.22. The summed E-state index contributed by atoms with van der Waals surface area (Å²) in [6.45, 7) is 1.15. The average Bonchev–Trinajstić information content (AvgIpc) is 2.37. The Balaban J connectivity index is 2.63. The first kappa shape index (κ1) is 15.8. The molecule has 0 spiro atoms. The fourth-order valence-electron chi connectivity index (χ4n) is 1.25. The summed E-state index contributed by atoms with van der Waals surface area (Å²) in [5.74, 6) is -1.15. The molecule has 0 fully saturated rings. The maximum atomic E-state index is 11.6. The van der Waals surface area contributed by atoms with E-state index in [1.54, 1.807) is 19.1 Å². The number of carbonyl (C=O) groups is 2. The molecule has 0 atom stereocenters. The van der Waals surface area contributed by atoms with Crippen LogP contribution in [0, 0.1) is 6.92 Å². The minimum absolute atomic E-state index is 0.209. The lowest BCUT2D eigenvalue weighted by Gasteiger charge is -2.11. The fraction of sp³-hybridized carbons (Fsp3) is 0.333. The van der Waals surface area contributed by atoms with Gasteiger partial charge in [0.1, 0.15) is 6.61 Å². The van der Waals surface area contributed by atoms with Crippen molar-refractivity contribution in [2.24, 2.45) is 0 Å². The molecule has 1 N–H and O–H groups in total. The van der Waals surface area contributed by atoms with Crippen LogP contribution in [-0.2, 0) is 19.1 Å². The summed E-state index contributed by atoms with van der Waals surface area (Å²) in [4.78, 5) is 22.6. The summed E-state index contributed by atoms with van der Waals surface area (Å²) in [5, 5.41) is 3.16. The Bertz CT molecular complexity index is 491. The third-order valence-electron chi connectivity index (χ3n) is 2.18. The van der Waals surface area contributed by atoms with Crippen molar-refractivity contribution in [2.75, 3.05) is 25.6 Å². The average molecular weight is 306 g/mol. The lowest BCUT2D eigenvalue weighted by atomic mass is 10.2. The molecule has 1 rings (SSSR count). The van der Waals surface area contributed by atoms with Crippen molar-refractivity contribution in [3.8, 4) is 0 Å². The predicted molar refractivity (Wildman–Crippen MR) is 72.7 cm³/mol. The number of hydrogen-bond donors (Lipinski definition) is 1. The van der Waals surface area contributed by atoms with Crippen LogP contribution in [0.2, 0.25) is 10.0 Å². The van der Waals surface area contributed by atoms with E-state index in [0.717, 1.165) is 5.56 Å². The zero-order chi connectivity index (χ0) is 14.4. The number of esters is 1. The number of hydrogen-bond acceptors (Lipinski definition) is 4. The van der Waals surface area contributed by atoms with E-state index >= 15 is 0 Å². The largest absolute Gasteiger partial charge is 0.454 e. The van der Waals surface area contributed by atoms with Gasteiger partial charge >= 0.3 is 5.97 Å². The van der Waals surface area contributed by atoms with Crippen molar-refractivity contribution >= 4 is 40.8 Å². The summed E-state index contributed by atoms with van der Waals surface area (Å²) in [7, 11) is 1.35. The van der Waals surface area contributed by atoms with Crippen molar-refractivity contribution in [2.45, 2.75) is 6.92 Å². The third-order valence-corrected chi connectivity index (χ3v) is 2.98. The number of ether oxygens (including phenoxy) is 2. The smallest absolute Gasteiger partial charge is 0.332 e. The van der Waals surface area contributed by atoms with Crippen LogP contribution in [0.1, 0.15) is 5.56 Å². The highest BCUT2D eigenvalue weighted by Gasteiger charge is 2.13. The molecule has 0 saturated carbocycles. The van der Waals surface area contributed by atoms with Crippen LogP contribution in [0.15, 0.2) is 12.1 Å². The van der Waals surface area contributed by atoms with Gasteiger partial charge in [-0.15, -0.1) is 0 Å². The van der Waals surface area contributed by atoms with E-state index in [4.69, 9.17) is 23.2 Å². The number of rotatable bonds is 5. The molecule has 7 heteroatoms. The highest BCUT2D eigenvalue weighted by molar-refractivity contribution is 6.40. The minimum Gasteiger partial charge on any atom is -0.454 e. The molecule has 104 valence electrons. The summed E-state index contributed by atoms with van der Waals surface area (Å²) >= 11 is 12.0. The number of methoxy groups -OCH3 is 1. The zero-order valence-electron chi connectivity index (χ0n) is 10.5. The van der Waals surface area contributed by atoms with Crippen LogP contribution in [0.5, 0.6) is 0 Å². The lowest BCUT2D eigenvalue weighted by molar-refractivity contribution is -0.150. The quantitative estimate of drug-likeness (QED) is 0.849. The molecule has 0 aromatic heterocycles. The molecule has 0 saturated heterocycles. The monoisotopic (exact) mass is 305 g/mol. The molecule has 5 nitrogen and oxygen atoms in total. The number of carbonyl (C=O) groups excluding carboxylic acids is 2. The molecule has 0 bridgehead atoms. The number of amides is 1. The Labute approximate surface area is 120 Å². The highest BCUT2D eigenvalue weighted by atomic mass is 35.5. The molecule has 1 aromatic carbocycles. The van der Waals surface area contributed by atoms with E-state index in [1.165, 1.54) is 7.11 Å². The molecule has 0 heterocycles. The molecule has 0 unspecified atom stereocenters. The predicted octanol–water partition coefficient (Wildman–Crippen LogP) is 2.43. The first-order valence-corrected chi connectivity index (χ1v) is 6.10. The number of nitrogens with one attached hydrogen (secondary N) is 1. The van der Waals surface area contributed by atoms with Gasteiger partial charge in [-0.2, -0.15) is 0 Å². The standard InChI is InChI=1S/C12H13Cl2NO4/c1-7-3-4-8(13)12(11(7)14)15-9(16)5-19-10(17)6-18-2/h3-4H,5-6H2,1-2H3,(H,15,16). The van der Waals surface area contributed by atoms with E-state index in [1.807, 2.05) is 0 Å². The summed E-state index contributed by atoms with van der Waals surface area (Å²) in [5.41, 5.74) is 1.08.